The number of amides is 2. The van der Waals surface area contributed by atoms with E-state index in [-0.39, 0.29) is 18.2 Å². The zero-order valence-electron chi connectivity index (χ0n) is 16.9. The molecule has 5 heteroatoms. The molecule has 5 nitrogen and oxygen atoms in total. The van der Waals surface area contributed by atoms with Gasteiger partial charge in [0.15, 0.2) is 0 Å². The normalized spacial score (nSPS) is 14.6. The number of aryl methyl sites for hydroxylation is 2. The summed E-state index contributed by atoms with van der Waals surface area (Å²) in [7, 11) is 0. The lowest BCUT2D eigenvalue weighted by atomic mass is 9.99. The zero-order chi connectivity index (χ0) is 20.1. The first-order valence-corrected chi connectivity index (χ1v) is 9.92. The number of nitrogens with one attached hydrogen (secondary N) is 2. The van der Waals surface area contributed by atoms with Crippen LogP contribution >= 0.6 is 0 Å². The fourth-order valence-corrected chi connectivity index (χ4v) is 3.63. The van der Waals surface area contributed by atoms with E-state index in [4.69, 9.17) is 0 Å². The van der Waals surface area contributed by atoms with Gasteiger partial charge in [0.2, 0.25) is 11.8 Å². The summed E-state index contributed by atoms with van der Waals surface area (Å²) in [6.45, 7) is 8.40. The summed E-state index contributed by atoms with van der Waals surface area (Å²) in [6.07, 6.45) is 2.22. The third-order valence-electron chi connectivity index (χ3n) is 5.13. The summed E-state index contributed by atoms with van der Waals surface area (Å²) in [5.74, 6) is 0.160. The molecular weight excluding hydrogens is 350 g/mol. The van der Waals surface area contributed by atoms with Crippen molar-refractivity contribution in [1.29, 1.82) is 0 Å². The molecule has 2 aromatic rings. The lowest BCUT2D eigenvalue weighted by Gasteiger charge is -2.32. The third kappa shape index (κ3) is 5.59. The molecule has 1 fully saturated rings. The summed E-state index contributed by atoms with van der Waals surface area (Å²) < 4.78 is 0. The van der Waals surface area contributed by atoms with Crippen LogP contribution in [-0.4, -0.2) is 24.9 Å². The van der Waals surface area contributed by atoms with Gasteiger partial charge in [0, 0.05) is 30.2 Å². The highest BCUT2D eigenvalue weighted by atomic mass is 16.2. The maximum absolute atomic E-state index is 12.2. The van der Waals surface area contributed by atoms with Crippen LogP contribution in [-0.2, 0) is 9.59 Å². The van der Waals surface area contributed by atoms with E-state index in [2.05, 4.69) is 22.5 Å². The Balaban J connectivity index is 1.50. The van der Waals surface area contributed by atoms with Crippen LogP contribution in [0.4, 0.5) is 17.1 Å². The van der Waals surface area contributed by atoms with Crippen molar-refractivity contribution < 1.29 is 9.59 Å². The molecule has 0 spiro atoms. The van der Waals surface area contributed by atoms with Crippen LogP contribution in [0, 0.1) is 19.8 Å². The Labute approximate surface area is 167 Å². The highest BCUT2D eigenvalue weighted by Crippen LogP contribution is 2.24. The number of piperidine rings is 1. The minimum atomic E-state index is -0.318. The number of rotatable bonds is 5. The molecular formula is C23H29N3O2. The Bertz CT molecular complexity index is 817. The van der Waals surface area contributed by atoms with E-state index < -0.39 is 0 Å². The van der Waals surface area contributed by atoms with Gasteiger partial charge in [0.05, 0.1) is 0 Å². The first-order chi connectivity index (χ1) is 13.4. The summed E-state index contributed by atoms with van der Waals surface area (Å²) in [5, 5.41) is 5.59. The molecule has 1 heterocycles. The molecule has 0 bridgehead atoms. The van der Waals surface area contributed by atoms with E-state index in [0.717, 1.165) is 35.8 Å². The molecule has 0 aliphatic carbocycles. The minimum absolute atomic E-state index is 0.210. The van der Waals surface area contributed by atoms with Crippen molar-refractivity contribution in [2.75, 3.05) is 28.6 Å². The maximum Gasteiger partial charge on any atom is 0.233 e. The number of nitrogens with zero attached hydrogens (tertiary/aromatic N) is 1. The van der Waals surface area contributed by atoms with Gasteiger partial charge >= 0.3 is 0 Å². The molecule has 1 aliphatic rings. The number of carbonyl (C=O) groups is 2. The quantitative estimate of drug-likeness (QED) is 0.752. The van der Waals surface area contributed by atoms with Crippen molar-refractivity contribution in [3.05, 3.63) is 53.6 Å². The molecule has 1 saturated heterocycles. The van der Waals surface area contributed by atoms with Crippen molar-refractivity contribution in [1.82, 2.24) is 0 Å². The van der Waals surface area contributed by atoms with Gasteiger partial charge in [-0.1, -0.05) is 13.0 Å². The SMILES string of the molecule is Cc1cc(C)cc(NC(=O)CC(=O)Nc2ccc(N3CCC(C)CC3)cc2)c1. The van der Waals surface area contributed by atoms with Crippen LogP contribution < -0.4 is 15.5 Å². The summed E-state index contributed by atoms with van der Waals surface area (Å²) in [6, 6.07) is 13.7. The topological polar surface area (TPSA) is 61.4 Å². The van der Waals surface area contributed by atoms with Crippen molar-refractivity contribution in [3.63, 3.8) is 0 Å². The lowest BCUT2D eigenvalue weighted by Crippen LogP contribution is -2.32. The lowest BCUT2D eigenvalue weighted by molar-refractivity contribution is -0.123. The summed E-state index contributed by atoms with van der Waals surface area (Å²) in [5.41, 5.74) is 4.75. The average molecular weight is 380 g/mol. The predicted octanol–water partition coefficient (Wildman–Crippen LogP) is 4.51. The summed E-state index contributed by atoms with van der Waals surface area (Å²) >= 11 is 0. The van der Waals surface area contributed by atoms with Crippen molar-refractivity contribution in [2.45, 2.75) is 40.0 Å². The van der Waals surface area contributed by atoms with Crippen LogP contribution in [0.5, 0.6) is 0 Å². The molecule has 0 radical (unpaired) electrons. The molecule has 2 amide bonds. The number of hydrogen-bond donors (Lipinski definition) is 2. The van der Waals surface area contributed by atoms with Crippen LogP contribution in [0.1, 0.15) is 37.3 Å². The Hall–Kier alpha value is -2.82. The smallest absolute Gasteiger partial charge is 0.233 e. The third-order valence-corrected chi connectivity index (χ3v) is 5.13. The number of hydrogen-bond acceptors (Lipinski definition) is 3. The highest BCUT2D eigenvalue weighted by molar-refractivity contribution is 6.08. The van der Waals surface area contributed by atoms with Gasteiger partial charge in [-0.3, -0.25) is 9.59 Å². The van der Waals surface area contributed by atoms with Gasteiger partial charge in [0.25, 0.3) is 0 Å². The van der Waals surface area contributed by atoms with E-state index in [9.17, 15) is 9.59 Å². The van der Waals surface area contributed by atoms with Gasteiger partial charge in [0.1, 0.15) is 6.42 Å². The fourth-order valence-electron chi connectivity index (χ4n) is 3.63. The Morgan fingerprint density at radius 2 is 1.43 bits per heavy atom. The second-order valence-corrected chi connectivity index (χ2v) is 7.87. The van der Waals surface area contributed by atoms with Gasteiger partial charge in [-0.25, -0.2) is 0 Å². The maximum atomic E-state index is 12.2. The number of carbonyl (C=O) groups excluding carboxylic acids is 2. The molecule has 0 aromatic heterocycles. The first kappa shape index (κ1) is 19.9. The Morgan fingerprint density at radius 3 is 2.00 bits per heavy atom. The van der Waals surface area contributed by atoms with Crippen LogP contribution in [0.2, 0.25) is 0 Å². The van der Waals surface area contributed by atoms with Gasteiger partial charge in [-0.15, -0.1) is 0 Å². The standard InChI is InChI=1S/C23H29N3O2/c1-16-8-10-26(11-9-16)21-6-4-19(5-7-21)24-22(27)15-23(28)25-20-13-17(2)12-18(3)14-20/h4-7,12-14,16H,8-11,15H2,1-3H3,(H,24,27)(H,25,28). The molecule has 0 unspecified atom stereocenters. The van der Waals surface area contributed by atoms with E-state index in [1.54, 1.807) is 0 Å². The van der Waals surface area contributed by atoms with Crippen molar-refractivity contribution in [2.24, 2.45) is 5.92 Å². The monoisotopic (exact) mass is 379 g/mol. The fraction of sp³-hybridized carbons (Fsp3) is 0.391. The van der Waals surface area contributed by atoms with E-state index in [0.29, 0.717) is 5.69 Å². The first-order valence-electron chi connectivity index (χ1n) is 9.92. The second-order valence-electron chi connectivity index (χ2n) is 7.87. The molecule has 0 atom stereocenters. The molecule has 28 heavy (non-hydrogen) atoms. The molecule has 148 valence electrons. The van der Waals surface area contributed by atoms with Crippen LogP contribution in [0.25, 0.3) is 0 Å². The number of benzene rings is 2. The molecule has 2 aromatic carbocycles. The van der Waals surface area contributed by atoms with E-state index in [1.807, 2.05) is 56.3 Å². The van der Waals surface area contributed by atoms with E-state index in [1.165, 1.54) is 18.5 Å². The van der Waals surface area contributed by atoms with E-state index >= 15 is 0 Å². The minimum Gasteiger partial charge on any atom is -0.372 e. The van der Waals surface area contributed by atoms with Crippen LogP contribution in [0.15, 0.2) is 42.5 Å². The molecule has 3 rings (SSSR count). The second kappa shape index (κ2) is 8.91. The molecule has 2 N–H and O–H groups in total. The van der Waals surface area contributed by atoms with Crippen molar-refractivity contribution >= 4 is 28.9 Å². The molecule has 1 aliphatic heterocycles. The highest BCUT2D eigenvalue weighted by Gasteiger charge is 2.16. The zero-order valence-corrected chi connectivity index (χ0v) is 16.9. The Morgan fingerprint density at radius 1 is 0.893 bits per heavy atom. The molecule has 0 saturated carbocycles. The largest absolute Gasteiger partial charge is 0.372 e. The number of anilines is 3. The van der Waals surface area contributed by atoms with Gasteiger partial charge < -0.3 is 15.5 Å². The van der Waals surface area contributed by atoms with Gasteiger partial charge in [-0.05, 0) is 80.1 Å². The predicted molar refractivity (Wildman–Crippen MR) is 115 cm³/mol. The van der Waals surface area contributed by atoms with Crippen LogP contribution in [0.3, 0.4) is 0 Å². The van der Waals surface area contributed by atoms with Crippen molar-refractivity contribution in [3.8, 4) is 0 Å². The Kier molecular flexibility index (Phi) is 6.34. The summed E-state index contributed by atoms with van der Waals surface area (Å²) in [4.78, 5) is 26.7. The van der Waals surface area contributed by atoms with Gasteiger partial charge in [-0.2, -0.15) is 0 Å². The average Bonchev–Trinajstić information content (AvgIpc) is 2.62.